The van der Waals surface area contributed by atoms with Crippen molar-refractivity contribution in [2.45, 2.75) is 32.7 Å². The lowest BCUT2D eigenvalue weighted by molar-refractivity contribution is 0.112. The van der Waals surface area contributed by atoms with Crippen LogP contribution in [0.2, 0.25) is 0 Å². The second kappa shape index (κ2) is 4.02. The topological polar surface area (TPSA) is 22.0 Å². The highest BCUT2D eigenvalue weighted by Gasteiger charge is 2.19. The number of hydrogen-bond acceptors (Lipinski definition) is 1. The zero-order chi connectivity index (χ0) is 11.8. The van der Waals surface area contributed by atoms with E-state index in [9.17, 15) is 4.79 Å². The lowest BCUT2D eigenvalue weighted by atomic mass is 9.85. The van der Waals surface area contributed by atoms with E-state index in [0.717, 1.165) is 29.7 Å². The van der Waals surface area contributed by atoms with Crippen molar-refractivity contribution < 1.29 is 4.79 Å². The molecule has 1 saturated carbocycles. The molecule has 2 heteroatoms. The third-order valence-electron chi connectivity index (χ3n) is 3.94. The van der Waals surface area contributed by atoms with E-state index >= 15 is 0 Å². The largest absolute Gasteiger partial charge is 0.346 e. The average molecular weight is 227 g/mol. The molecule has 88 valence electrons. The van der Waals surface area contributed by atoms with Crippen LogP contribution in [-0.4, -0.2) is 10.9 Å². The van der Waals surface area contributed by atoms with E-state index in [-0.39, 0.29) is 0 Å². The van der Waals surface area contributed by atoms with Crippen molar-refractivity contribution in [3.63, 3.8) is 0 Å². The van der Waals surface area contributed by atoms with Gasteiger partial charge in [0, 0.05) is 23.7 Å². The van der Waals surface area contributed by atoms with Gasteiger partial charge in [-0.1, -0.05) is 24.6 Å². The van der Waals surface area contributed by atoms with E-state index in [2.05, 4.69) is 17.6 Å². The number of carbonyl (C=O) groups is 1. The number of aldehydes is 1. The summed E-state index contributed by atoms with van der Waals surface area (Å²) in [5.74, 6) is 0.810. The van der Waals surface area contributed by atoms with Gasteiger partial charge in [-0.25, -0.2) is 0 Å². The van der Waals surface area contributed by atoms with Crippen LogP contribution in [0.3, 0.4) is 0 Å². The van der Waals surface area contributed by atoms with Gasteiger partial charge in [-0.2, -0.15) is 0 Å². The first-order valence-electron chi connectivity index (χ1n) is 6.33. The Balaban J connectivity index is 2.12. The number of carbonyl (C=O) groups excluding carboxylic acids is 1. The molecule has 0 amide bonds. The van der Waals surface area contributed by atoms with Gasteiger partial charge in [0.15, 0.2) is 6.29 Å². The number of nitrogens with zero attached hydrogens (tertiary/aromatic N) is 1. The van der Waals surface area contributed by atoms with Gasteiger partial charge in [0.1, 0.15) is 0 Å². The zero-order valence-electron chi connectivity index (χ0n) is 10.1. The Morgan fingerprint density at radius 3 is 2.88 bits per heavy atom. The fourth-order valence-electron chi connectivity index (χ4n) is 2.77. The van der Waals surface area contributed by atoms with Crippen molar-refractivity contribution in [2.75, 3.05) is 0 Å². The van der Waals surface area contributed by atoms with Crippen LogP contribution in [0.25, 0.3) is 10.9 Å². The van der Waals surface area contributed by atoms with E-state index in [1.54, 1.807) is 0 Å². The Morgan fingerprint density at radius 1 is 1.41 bits per heavy atom. The minimum Gasteiger partial charge on any atom is -0.346 e. The van der Waals surface area contributed by atoms with E-state index in [0.29, 0.717) is 0 Å². The second-order valence-corrected chi connectivity index (χ2v) is 5.12. The molecular weight excluding hydrogens is 210 g/mol. The van der Waals surface area contributed by atoms with E-state index in [1.807, 2.05) is 18.3 Å². The zero-order valence-corrected chi connectivity index (χ0v) is 10.1. The quantitative estimate of drug-likeness (QED) is 0.735. The maximum atomic E-state index is 11.1. The second-order valence-electron chi connectivity index (χ2n) is 5.12. The molecular formula is C15H17NO. The number of aromatic nitrogens is 1. The van der Waals surface area contributed by atoms with Crippen molar-refractivity contribution in [3.8, 4) is 0 Å². The highest BCUT2D eigenvalue weighted by atomic mass is 16.1. The highest BCUT2D eigenvalue weighted by molar-refractivity contribution is 5.98. The fraction of sp³-hybridized carbons (Fsp3) is 0.400. The van der Waals surface area contributed by atoms with Gasteiger partial charge in [-0.3, -0.25) is 4.79 Å². The van der Waals surface area contributed by atoms with Crippen molar-refractivity contribution in [1.82, 2.24) is 4.57 Å². The molecule has 0 spiro atoms. The summed E-state index contributed by atoms with van der Waals surface area (Å²) in [6, 6.07) is 6.19. The molecule has 1 heterocycles. The minimum absolute atomic E-state index is 0.810. The van der Waals surface area contributed by atoms with Gasteiger partial charge in [0.25, 0.3) is 0 Å². The molecule has 1 fully saturated rings. The first-order valence-corrected chi connectivity index (χ1v) is 6.33. The highest BCUT2D eigenvalue weighted by Crippen LogP contribution is 2.31. The standard InChI is InChI=1S/C15H17NO/c1-11-4-2-7-14-13(10-17)9-16(15(11)14)8-12-5-3-6-12/h2,4,7,9-10,12H,3,5-6,8H2,1H3. The van der Waals surface area contributed by atoms with Crippen LogP contribution in [0.1, 0.15) is 35.2 Å². The van der Waals surface area contributed by atoms with Gasteiger partial charge in [0.05, 0.1) is 5.52 Å². The van der Waals surface area contributed by atoms with Crippen LogP contribution in [0.5, 0.6) is 0 Å². The fourth-order valence-corrected chi connectivity index (χ4v) is 2.77. The first kappa shape index (κ1) is 10.6. The molecule has 17 heavy (non-hydrogen) atoms. The maximum absolute atomic E-state index is 11.1. The normalized spacial score (nSPS) is 16.1. The smallest absolute Gasteiger partial charge is 0.152 e. The van der Waals surface area contributed by atoms with Crippen molar-refractivity contribution in [3.05, 3.63) is 35.5 Å². The average Bonchev–Trinajstić information content (AvgIpc) is 2.63. The van der Waals surface area contributed by atoms with Crippen molar-refractivity contribution in [2.24, 2.45) is 5.92 Å². The van der Waals surface area contributed by atoms with Gasteiger partial charge in [-0.05, 0) is 31.2 Å². The summed E-state index contributed by atoms with van der Waals surface area (Å²) >= 11 is 0. The van der Waals surface area contributed by atoms with Crippen LogP contribution < -0.4 is 0 Å². The Morgan fingerprint density at radius 2 is 2.24 bits per heavy atom. The third kappa shape index (κ3) is 1.68. The first-order chi connectivity index (χ1) is 8.29. The number of para-hydroxylation sites is 1. The number of hydrogen-bond donors (Lipinski definition) is 0. The molecule has 0 N–H and O–H groups in total. The molecule has 2 aromatic rings. The van der Waals surface area contributed by atoms with Crippen LogP contribution in [-0.2, 0) is 6.54 Å². The van der Waals surface area contributed by atoms with E-state index < -0.39 is 0 Å². The lowest BCUT2D eigenvalue weighted by Gasteiger charge is -2.26. The monoisotopic (exact) mass is 227 g/mol. The van der Waals surface area contributed by atoms with E-state index in [4.69, 9.17) is 0 Å². The summed E-state index contributed by atoms with van der Waals surface area (Å²) in [5.41, 5.74) is 3.32. The van der Waals surface area contributed by atoms with Gasteiger partial charge in [0.2, 0.25) is 0 Å². The predicted molar refractivity (Wildman–Crippen MR) is 69.4 cm³/mol. The molecule has 0 saturated heterocycles. The molecule has 0 radical (unpaired) electrons. The van der Waals surface area contributed by atoms with Crippen molar-refractivity contribution >= 4 is 17.2 Å². The summed E-state index contributed by atoms with van der Waals surface area (Å²) in [6.07, 6.45) is 7.02. The van der Waals surface area contributed by atoms with Gasteiger partial charge >= 0.3 is 0 Å². The van der Waals surface area contributed by atoms with Crippen LogP contribution in [0.4, 0.5) is 0 Å². The van der Waals surface area contributed by atoms with Gasteiger partial charge in [-0.15, -0.1) is 0 Å². The Hall–Kier alpha value is -1.57. The molecule has 1 aromatic carbocycles. The summed E-state index contributed by atoms with van der Waals surface area (Å²) in [6.45, 7) is 3.18. The Kier molecular flexibility index (Phi) is 2.50. The summed E-state index contributed by atoms with van der Waals surface area (Å²) in [5, 5.41) is 1.10. The third-order valence-corrected chi connectivity index (χ3v) is 3.94. The van der Waals surface area contributed by atoms with Gasteiger partial charge < -0.3 is 4.57 Å². The van der Waals surface area contributed by atoms with Crippen LogP contribution >= 0.6 is 0 Å². The summed E-state index contributed by atoms with van der Waals surface area (Å²) in [7, 11) is 0. The molecule has 3 rings (SSSR count). The molecule has 2 nitrogen and oxygen atoms in total. The Labute approximate surface area is 101 Å². The predicted octanol–water partition coefficient (Wildman–Crippen LogP) is 3.56. The number of rotatable bonds is 3. The molecule has 1 aliphatic carbocycles. The molecule has 1 aromatic heterocycles. The summed E-state index contributed by atoms with van der Waals surface area (Å²) in [4.78, 5) is 11.1. The number of aryl methyl sites for hydroxylation is 1. The Bertz CT molecular complexity index is 564. The molecule has 0 atom stereocenters. The minimum atomic E-state index is 0.810. The van der Waals surface area contributed by atoms with Crippen molar-refractivity contribution in [1.29, 1.82) is 0 Å². The molecule has 0 bridgehead atoms. The molecule has 1 aliphatic rings. The van der Waals surface area contributed by atoms with Crippen LogP contribution in [0.15, 0.2) is 24.4 Å². The SMILES string of the molecule is Cc1cccc2c(C=O)cn(CC3CCC3)c12. The van der Waals surface area contributed by atoms with E-state index in [1.165, 1.54) is 30.3 Å². The lowest BCUT2D eigenvalue weighted by Crippen LogP contribution is -2.17. The molecule has 0 aliphatic heterocycles. The van der Waals surface area contributed by atoms with Crippen LogP contribution in [0, 0.1) is 12.8 Å². The maximum Gasteiger partial charge on any atom is 0.152 e. The molecule has 0 unspecified atom stereocenters. The number of benzene rings is 1. The number of fused-ring (bicyclic) bond motifs is 1. The summed E-state index contributed by atoms with van der Waals surface area (Å²) < 4.78 is 2.28.